The quantitative estimate of drug-likeness (QED) is 0.840. The molecule has 0 spiro atoms. The Hall–Kier alpha value is -0.960. The van der Waals surface area contributed by atoms with Gasteiger partial charge in [-0.3, -0.25) is 0 Å². The number of aromatic nitrogens is 2. The molecule has 2 aliphatic rings. The van der Waals surface area contributed by atoms with Crippen molar-refractivity contribution in [3.05, 3.63) is 23.8 Å². The van der Waals surface area contributed by atoms with E-state index in [4.69, 9.17) is 0 Å². The molecule has 0 unspecified atom stereocenters. The standard InChI is InChI=1S/C13H19N3/c1-2-11(1)12-8-15-13(16-9-12)7-10-3-5-14-6-4-10/h8-11,14H,1-7H2. The van der Waals surface area contributed by atoms with Gasteiger partial charge in [-0.1, -0.05) is 0 Å². The summed E-state index contributed by atoms with van der Waals surface area (Å²) in [6, 6.07) is 0. The molecule has 3 rings (SSSR count). The molecule has 1 saturated heterocycles. The van der Waals surface area contributed by atoms with Gasteiger partial charge < -0.3 is 5.32 Å². The van der Waals surface area contributed by atoms with Gasteiger partial charge in [-0.05, 0) is 56.2 Å². The molecular weight excluding hydrogens is 198 g/mol. The predicted octanol–water partition coefficient (Wildman–Crippen LogP) is 1.90. The average molecular weight is 217 g/mol. The van der Waals surface area contributed by atoms with E-state index in [0.29, 0.717) is 0 Å². The lowest BCUT2D eigenvalue weighted by atomic mass is 9.94. The zero-order chi connectivity index (χ0) is 10.8. The largest absolute Gasteiger partial charge is 0.317 e. The molecule has 1 aliphatic carbocycles. The molecule has 2 fully saturated rings. The van der Waals surface area contributed by atoms with Gasteiger partial charge in [-0.15, -0.1) is 0 Å². The van der Waals surface area contributed by atoms with E-state index in [2.05, 4.69) is 15.3 Å². The van der Waals surface area contributed by atoms with E-state index in [1.807, 2.05) is 12.4 Å². The molecule has 0 radical (unpaired) electrons. The first-order chi connectivity index (χ1) is 7.92. The van der Waals surface area contributed by atoms with Crippen LogP contribution < -0.4 is 5.32 Å². The molecule has 0 amide bonds. The van der Waals surface area contributed by atoms with Crippen molar-refractivity contribution in [3.63, 3.8) is 0 Å². The second kappa shape index (κ2) is 4.50. The molecule has 1 saturated carbocycles. The normalized spacial score (nSPS) is 22.2. The lowest BCUT2D eigenvalue weighted by Crippen LogP contribution is -2.29. The van der Waals surface area contributed by atoms with Crippen LogP contribution in [0.4, 0.5) is 0 Å². The number of hydrogen-bond acceptors (Lipinski definition) is 3. The van der Waals surface area contributed by atoms with E-state index in [1.165, 1.54) is 31.2 Å². The number of piperidine rings is 1. The molecular formula is C13H19N3. The Morgan fingerprint density at radius 3 is 2.38 bits per heavy atom. The smallest absolute Gasteiger partial charge is 0.128 e. The van der Waals surface area contributed by atoms with Crippen LogP contribution in [0, 0.1) is 5.92 Å². The van der Waals surface area contributed by atoms with Gasteiger partial charge >= 0.3 is 0 Å². The predicted molar refractivity (Wildman–Crippen MR) is 63.3 cm³/mol. The van der Waals surface area contributed by atoms with Crippen molar-refractivity contribution in [2.24, 2.45) is 5.92 Å². The zero-order valence-corrected chi connectivity index (χ0v) is 9.65. The number of nitrogens with zero attached hydrogens (tertiary/aromatic N) is 2. The Morgan fingerprint density at radius 2 is 1.75 bits per heavy atom. The van der Waals surface area contributed by atoms with Crippen LogP contribution >= 0.6 is 0 Å². The van der Waals surface area contributed by atoms with Crippen LogP contribution in [0.1, 0.15) is 43.0 Å². The van der Waals surface area contributed by atoms with E-state index in [1.54, 1.807) is 0 Å². The first-order valence-corrected chi connectivity index (χ1v) is 6.43. The monoisotopic (exact) mass is 217 g/mol. The molecule has 2 heterocycles. The molecule has 0 bridgehead atoms. The average Bonchev–Trinajstić information content (AvgIpc) is 3.15. The first-order valence-electron chi connectivity index (χ1n) is 6.43. The van der Waals surface area contributed by atoms with Crippen LogP contribution in [0.3, 0.4) is 0 Å². The number of hydrogen-bond donors (Lipinski definition) is 1. The maximum atomic E-state index is 4.50. The van der Waals surface area contributed by atoms with Crippen molar-refractivity contribution in [3.8, 4) is 0 Å². The SMILES string of the molecule is c1nc(CC2CCNCC2)ncc1C1CC1. The van der Waals surface area contributed by atoms with E-state index in [9.17, 15) is 0 Å². The fraction of sp³-hybridized carbons (Fsp3) is 0.692. The highest BCUT2D eigenvalue weighted by molar-refractivity contribution is 5.17. The van der Waals surface area contributed by atoms with Gasteiger partial charge in [-0.2, -0.15) is 0 Å². The number of rotatable bonds is 3. The molecule has 16 heavy (non-hydrogen) atoms. The fourth-order valence-electron chi connectivity index (χ4n) is 2.44. The minimum absolute atomic E-state index is 0.771. The molecule has 1 N–H and O–H groups in total. The summed E-state index contributed by atoms with van der Waals surface area (Å²) in [7, 11) is 0. The minimum Gasteiger partial charge on any atom is -0.317 e. The number of nitrogens with one attached hydrogen (secondary N) is 1. The molecule has 1 aliphatic heterocycles. The van der Waals surface area contributed by atoms with Crippen LogP contribution in [-0.4, -0.2) is 23.1 Å². The maximum Gasteiger partial charge on any atom is 0.128 e. The van der Waals surface area contributed by atoms with Crippen molar-refractivity contribution in [1.82, 2.24) is 15.3 Å². The second-order valence-corrected chi connectivity index (χ2v) is 5.10. The highest BCUT2D eigenvalue weighted by Gasteiger charge is 2.24. The van der Waals surface area contributed by atoms with Crippen LogP contribution in [0.25, 0.3) is 0 Å². The minimum atomic E-state index is 0.771. The molecule has 86 valence electrons. The summed E-state index contributed by atoms with van der Waals surface area (Å²) in [5, 5.41) is 3.39. The Morgan fingerprint density at radius 1 is 1.06 bits per heavy atom. The van der Waals surface area contributed by atoms with Crippen LogP contribution in [0.5, 0.6) is 0 Å². The Bertz CT molecular complexity index is 337. The van der Waals surface area contributed by atoms with Gasteiger partial charge in [0.25, 0.3) is 0 Å². The lowest BCUT2D eigenvalue weighted by Gasteiger charge is -2.21. The Balaban J connectivity index is 1.60. The van der Waals surface area contributed by atoms with Crippen molar-refractivity contribution in [2.75, 3.05) is 13.1 Å². The van der Waals surface area contributed by atoms with Gasteiger partial charge in [0.15, 0.2) is 0 Å². The van der Waals surface area contributed by atoms with Crippen molar-refractivity contribution in [2.45, 2.75) is 38.0 Å². The first kappa shape index (κ1) is 10.2. The fourth-order valence-corrected chi connectivity index (χ4v) is 2.44. The van der Waals surface area contributed by atoms with Crippen LogP contribution in [0.15, 0.2) is 12.4 Å². The molecule has 3 heteroatoms. The summed E-state index contributed by atoms with van der Waals surface area (Å²) in [5.74, 6) is 2.59. The van der Waals surface area contributed by atoms with Gasteiger partial charge in [0, 0.05) is 18.8 Å². The van der Waals surface area contributed by atoms with Crippen molar-refractivity contribution in [1.29, 1.82) is 0 Å². The molecule has 0 atom stereocenters. The highest BCUT2D eigenvalue weighted by atomic mass is 14.9. The van der Waals surface area contributed by atoms with Crippen molar-refractivity contribution >= 4 is 0 Å². The summed E-state index contributed by atoms with van der Waals surface area (Å²) in [6.07, 6.45) is 10.4. The third-order valence-electron chi connectivity index (χ3n) is 3.70. The van der Waals surface area contributed by atoms with Crippen LogP contribution in [-0.2, 0) is 6.42 Å². The van der Waals surface area contributed by atoms with Gasteiger partial charge in [-0.25, -0.2) is 9.97 Å². The lowest BCUT2D eigenvalue weighted by molar-refractivity contribution is 0.367. The van der Waals surface area contributed by atoms with Gasteiger partial charge in [0.1, 0.15) is 5.82 Å². The molecule has 0 aromatic carbocycles. The Labute approximate surface area is 96.7 Å². The molecule has 3 nitrogen and oxygen atoms in total. The third kappa shape index (κ3) is 2.40. The van der Waals surface area contributed by atoms with E-state index in [0.717, 1.165) is 37.2 Å². The van der Waals surface area contributed by atoms with Gasteiger partial charge in [0.2, 0.25) is 0 Å². The van der Waals surface area contributed by atoms with Crippen molar-refractivity contribution < 1.29 is 0 Å². The summed E-state index contributed by atoms with van der Waals surface area (Å²) in [6.45, 7) is 2.32. The molecule has 1 aromatic heterocycles. The second-order valence-electron chi connectivity index (χ2n) is 5.10. The highest BCUT2D eigenvalue weighted by Crippen LogP contribution is 2.39. The van der Waals surface area contributed by atoms with Crippen LogP contribution in [0.2, 0.25) is 0 Å². The Kier molecular flexibility index (Phi) is 2.87. The summed E-state index contributed by atoms with van der Waals surface area (Å²) in [5.41, 5.74) is 1.34. The maximum absolute atomic E-state index is 4.50. The van der Waals surface area contributed by atoms with Gasteiger partial charge in [0.05, 0.1) is 0 Å². The summed E-state index contributed by atoms with van der Waals surface area (Å²) in [4.78, 5) is 9.01. The van der Waals surface area contributed by atoms with E-state index >= 15 is 0 Å². The topological polar surface area (TPSA) is 37.8 Å². The summed E-state index contributed by atoms with van der Waals surface area (Å²) < 4.78 is 0. The summed E-state index contributed by atoms with van der Waals surface area (Å²) >= 11 is 0. The molecule has 1 aromatic rings. The van der Waals surface area contributed by atoms with E-state index in [-0.39, 0.29) is 0 Å². The zero-order valence-electron chi connectivity index (χ0n) is 9.65. The third-order valence-corrected chi connectivity index (χ3v) is 3.70. The van der Waals surface area contributed by atoms with E-state index < -0.39 is 0 Å².